The van der Waals surface area contributed by atoms with Crippen molar-refractivity contribution in [1.82, 2.24) is 15.5 Å². The van der Waals surface area contributed by atoms with Crippen molar-refractivity contribution in [2.24, 2.45) is 0 Å². The highest BCUT2D eigenvalue weighted by Crippen LogP contribution is 2.32. The van der Waals surface area contributed by atoms with Crippen molar-refractivity contribution in [2.75, 3.05) is 13.6 Å². The zero-order valence-electron chi connectivity index (χ0n) is 11.7. The lowest BCUT2D eigenvalue weighted by molar-refractivity contribution is 0.0528. The SMILES string of the molecule is CCCCNC(=S)NC1CC2CCCC(C1)N2C. The Labute approximate surface area is 117 Å². The van der Waals surface area contributed by atoms with Crippen LogP contribution in [0.2, 0.25) is 0 Å². The molecule has 2 heterocycles. The Kier molecular flexibility index (Phi) is 5.25. The highest BCUT2D eigenvalue weighted by Gasteiger charge is 2.35. The second kappa shape index (κ2) is 6.71. The molecule has 4 heteroatoms. The maximum absolute atomic E-state index is 5.37. The lowest BCUT2D eigenvalue weighted by Gasteiger charge is -2.47. The van der Waals surface area contributed by atoms with E-state index in [-0.39, 0.29) is 0 Å². The predicted molar refractivity (Wildman–Crippen MR) is 80.9 cm³/mol. The molecule has 0 aliphatic carbocycles. The van der Waals surface area contributed by atoms with Gasteiger partial charge < -0.3 is 15.5 Å². The van der Waals surface area contributed by atoms with Crippen LogP contribution in [0, 0.1) is 0 Å². The van der Waals surface area contributed by atoms with Crippen molar-refractivity contribution in [2.45, 2.75) is 70.0 Å². The standard InChI is InChI=1S/C14H27N3S/c1-3-4-8-15-14(18)16-11-9-12-6-5-7-13(10-11)17(12)2/h11-13H,3-10H2,1-2H3,(H2,15,16,18). The van der Waals surface area contributed by atoms with Gasteiger partial charge in [-0.3, -0.25) is 0 Å². The average Bonchev–Trinajstić information content (AvgIpc) is 2.31. The Hall–Kier alpha value is -0.350. The summed E-state index contributed by atoms with van der Waals surface area (Å²) in [6.07, 6.45) is 9.05. The predicted octanol–water partition coefficient (Wildman–Crippen LogP) is 2.27. The Morgan fingerprint density at radius 3 is 2.56 bits per heavy atom. The van der Waals surface area contributed by atoms with Crippen LogP contribution < -0.4 is 10.6 Å². The van der Waals surface area contributed by atoms with E-state index in [2.05, 4.69) is 29.5 Å². The first-order valence-electron chi connectivity index (χ1n) is 7.47. The second-order valence-corrected chi connectivity index (χ2v) is 6.23. The number of piperidine rings is 2. The fourth-order valence-corrected chi connectivity index (χ4v) is 3.62. The van der Waals surface area contributed by atoms with Crippen molar-refractivity contribution in [3.63, 3.8) is 0 Å². The Morgan fingerprint density at radius 1 is 1.28 bits per heavy atom. The van der Waals surface area contributed by atoms with Gasteiger partial charge in [-0.1, -0.05) is 19.8 Å². The molecule has 0 amide bonds. The zero-order chi connectivity index (χ0) is 13.0. The molecule has 0 saturated carbocycles. The number of hydrogen-bond acceptors (Lipinski definition) is 2. The molecule has 2 rings (SSSR count). The maximum Gasteiger partial charge on any atom is 0.166 e. The van der Waals surface area contributed by atoms with Crippen LogP contribution in [-0.4, -0.2) is 41.7 Å². The molecule has 2 bridgehead atoms. The molecular weight excluding hydrogens is 242 g/mol. The molecule has 2 aliphatic heterocycles. The normalized spacial score (nSPS) is 32.0. The van der Waals surface area contributed by atoms with Crippen LogP contribution in [0.25, 0.3) is 0 Å². The number of fused-ring (bicyclic) bond motifs is 2. The molecule has 2 fully saturated rings. The van der Waals surface area contributed by atoms with E-state index in [1.54, 1.807) is 0 Å². The molecule has 0 aromatic carbocycles. The molecule has 0 aromatic heterocycles. The summed E-state index contributed by atoms with van der Waals surface area (Å²) in [6.45, 7) is 3.21. The van der Waals surface area contributed by atoms with Crippen molar-refractivity contribution in [3.8, 4) is 0 Å². The van der Waals surface area contributed by atoms with E-state index >= 15 is 0 Å². The lowest BCUT2D eigenvalue weighted by atomic mass is 9.82. The van der Waals surface area contributed by atoms with Gasteiger partial charge in [0.2, 0.25) is 0 Å². The molecule has 18 heavy (non-hydrogen) atoms. The van der Waals surface area contributed by atoms with Gasteiger partial charge in [-0.15, -0.1) is 0 Å². The van der Waals surface area contributed by atoms with Crippen LogP contribution in [-0.2, 0) is 0 Å². The van der Waals surface area contributed by atoms with Crippen molar-refractivity contribution >= 4 is 17.3 Å². The van der Waals surface area contributed by atoms with Gasteiger partial charge in [0.1, 0.15) is 0 Å². The number of thiocarbonyl (C=S) groups is 1. The number of nitrogens with zero attached hydrogens (tertiary/aromatic N) is 1. The Bertz CT molecular complexity index is 268. The summed E-state index contributed by atoms with van der Waals surface area (Å²) in [7, 11) is 2.29. The molecule has 2 atom stereocenters. The third-order valence-electron chi connectivity index (χ3n) is 4.49. The van der Waals surface area contributed by atoms with E-state index in [1.807, 2.05) is 0 Å². The molecule has 2 saturated heterocycles. The lowest BCUT2D eigenvalue weighted by Crippen LogP contribution is -2.56. The largest absolute Gasteiger partial charge is 0.363 e. The molecular formula is C14H27N3S. The van der Waals surface area contributed by atoms with Gasteiger partial charge in [-0.05, 0) is 51.4 Å². The van der Waals surface area contributed by atoms with E-state index in [0.29, 0.717) is 6.04 Å². The molecule has 2 N–H and O–H groups in total. The minimum absolute atomic E-state index is 0.582. The summed E-state index contributed by atoms with van der Waals surface area (Å²) in [5.74, 6) is 0. The van der Waals surface area contributed by atoms with Crippen LogP contribution in [0.5, 0.6) is 0 Å². The molecule has 104 valence electrons. The van der Waals surface area contributed by atoms with Crippen LogP contribution >= 0.6 is 12.2 Å². The third-order valence-corrected chi connectivity index (χ3v) is 4.75. The monoisotopic (exact) mass is 269 g/mol. The highest BCUT2D eigenvalue weighted by molar-refractivity contribution is 7.80. The van der Waals surface area contributed by atoms with E-state index in [9.17, 15) is 0 Å². The van der Waals surface area contributed by atoms with Crippen LogP contribution in [0.3, 0.4) is 0 Å². The number of unbranched alkanes of at least 4 members (excludes halogenated alkanes) is 1. The van der Waals surface area contributed by atoms with Gasteiger partial charge in [0, 0.05) is 24.7 Å². The zero-order valence-corrected chi connectivity index (χ0v) is 12.6. The number of hydrogen-bond donors (Lipinski definition) is 2. The van der Waals surface area contributed by atoms with Crippen LogP contribution in [0.4, 0.5) is 0 Å². The van der Waals surface area contributed by atoms with Gasteiger partial charge in [0.25, 0.3) is 0 Å². The first-order valence-corrected chi connectivity index (χ1v) is 7.87. The number of rotatable bonds is 4. The molecule has 2 aliphatic rings. The highest BCUT2D eigenvalue weighted by atomic mass is 32.1. The van der Waals surface area contributed by atoms with Crippen molar-refractivity contribution < 1.29 is 0 Å². The summed E-state index contributed by atoms with van der Waals surface area (Å²) in [4.78, 5) is 2.59. The minimum Gasteiger partial charge on any atom is -0.363 e. The van der Waals surface area contributed by atoms with Gasteiger partial charge in [-0.2, -0.15) is 0 Å². The molecule has 0 spiro atoms. The first kappa shape index (κ1) is 14.1. The van der Waals surface area contributed by atoms with Gasteiger partial charge in [-0.25, -0.2) is 0 Å². The van der Waals surface area contributed by atoms with Gasteiger partial charge >= 0.3 is 0 Å². The maximum atomic E-state index is 5.37. The summed E-state index contributed by atoms with van der Waals surface area (Å²) >= 11 is 5.37. The molecule has 0 aromatic rings. The van der Waals surface area contributed by atoms with E-state index in [1.165, 1.54) is 44.9 Å². The quantitative estimate of drug-likeness (QED) is 0.605. The van der Waals surface area contributed by atoms with E-state index in [4.69, 9.17) is 12.2 Å². The molecule has 3 nitrogen and oxygen atoms in total. The van der Waals surface area contributed by atoms with Crippen LogP contribution in [0.15, 0.2) is 0 Å². The van der Waals surface area contributed by atoms with Crippen molar-refractivity contribution in [3.05, 3.63) is 0 Å². The van der Waals surface area contributed by atoms with Crippen LogP contribution in [0.1, 0.15) is 51.9 Å². The smallest absolute Gasteiger partial charge is 0.166 e. The second-order valence-electron chi connectivity index (χ2n) is 5.83. The molecule has 2 unspecified atom stereocenters. The summed E-state index contributed by atoms with van der Waals surface area (Å²) in [5, 5.41) is 7.69. The van der Waals surface area contributed by atoms with E-state index < -0.39 is 0 Å². The van der Waals surface area contributed by atoms with Crippen molar-refractivity contribution in [1.29, 1.82) is 0 Å². The molecule has 0 radical (unpaired) electrons. The van der Waals surface area contributed by atoms with Gasteiger partial charge in [0.15, 0.2) is 5.11 Å². The summed E-state index contributed by atoms with van der Waals surface area (Å²) < 4.78 is 0. The Morgan fingerprint density at radius 2 is 1.94 bits per heavy atom. The summed E-state index contributed by atoms with van der Waals surface area (Å²) in [6, 6.07) is 2.13. The fourth-order valence-electron chi connectivity index (χ4n) is 3.35. The minimum atomic E-state index is 0.582. The average molecular weight is 269 g/mol. The Balaban J connectivity index is 1.75. The first-order chi connectivity index (χ1) is 8.70. The number of nitrogens with one attached hydrogen (secondary N) is 2. The topological polar surface area (TPSA) is 27.3 Å². The van der Waals surface area contributed by atoms with Gasteiger partial charge in [0.05, 0.1) is 0 Å². The third kappa shape index (κ3) is 3.58. The van der Waals surface area contributed by atoms with E-state index in [0.717, 1.165) is 23.7 Å². The summed E-state index contributed by atoms with van der Waals surface area (Å²) in [5.41, 5.74) is 0. The fraction of sp³-hybridized carbons (Fsp3) is 0.929.